The SMILES string of the molecule is COC(=O)/C(C#N)=C/c1cc(OC)c(OC)cc1Cl. The van der Waals surface area contributed by atoms with Gasteiger partial charge in [-0.25, -0.2) is 4.79 Å². The number of benzene rings is 1. The van der Waals surface area contributed by atoms with Crippen LogP contribution in [-0.2, 0) is 9.53 Å². The number of hydrogen-bond donors (Lipinski definition) is 0. The first kappa shape index (κ1) is 14.9. The Kier molecular flexibility index (Phi) is 5.22. The van der Waals surface area contributed by atoms with Crippen molar-refractivity contribution >= 4 is 23.6 Å². The molecule has 0 heterocycles. The van der Waals surface area contributed by atoms with Gasteiger partial charge in [0.2, 0.25) is 0 Å². The minimum atomic E-state index is -0.728. The summed E-state index contributed by atoms with van der Waals surface area (Å²) >= 11 is 6.04. The van der Waals surface area contributed by atoms with E-state index in [4.69, 9.17) is 26.3 Å². The van der Waals surface area contributed by atoms with Gasteiger partial charge in [0.1, 0.15) is 11.6 Å². The molecule has 0 aliphatic carbocycles. The topological polar surface area (TPSA) is 68.6 Å². The third-order valence-corrected chi connectivity index (χ3v) is 2.66. The quantitative estimate of drug-likeness (QED) is 0.482. The smallest absolute Gasteiger partial charge is 0.348 e. The highest BCUT2D eigenvalue weighted by molar-refractivity contribution is 6.32. The van der Waals surface area contributed by atoms with Crippen LogP contribution < -0.4 is 9.47 Å². The zero-order chi connectivity index (χ0) is 14.4. The molecule has 0 N–H and O–H groups in total. The molecule has 0 bridgehead atoms. The summed E-state index contributed by atoms with van der Waals surface area (Å²) in [4.78, 5) is 11.3. The summed E-state index contributed by atoms with van der Waals surface area (Å²) < 4.78 is 14.7. The Balaban J connectivity index is 3.32. The fourth-order valence-corrected chi connectivity index (χ4v) is 1.59. The van der Waals surface area contributed by atoms with E-state index in [1.165, 1.54) is 27.4 Å². The number of ether oxygens (including phenoxy) is 3. The summed E-state index contributed by atoms with van der Waals surface area (Å²) in [5.41, 5.74) is 0.304. The Bertz CT molecular complexity index is 560. The lowest BCUT2D eigenvalue weighted by atomic mass is 10.1. The van der Waals surface area contributed by atoms with Gasteiger partial charge in [0.05, 0.1) is 26.4 Å². The molecule has 1 aromatic rings. The molecular formula is C13H12ClNO4. The second-order valence-electron chi connectivity index (χ2n) is 3.39. The van der Waals surface area contributed by atoms with Crippen LogP contribution in [0.5, 0.6) is 11.5 Å². The van der Waals surface area contributed by atoms with Crippen molar-refractivity contribution in [2.45, 2.75) is 0 Å². The molecule has 0 saturated carbocycles. The number of hydrogen-bond acceptors (Lipinski definition) is 5. The largest absolute Gasteiger partial charge is 0.493 e. The van der Waals surface area contributed by atoms with E-state index in [1.807, 2.05) is 0 Å². The summed E-state index contributed by atoms with van der Waals surface area (Å²) in [6.45, 7) is 0. The monoisotopic (exact) mass is 281 g/mol. The maximum absolute atomic E-state index is 11.3. The molecule has 6 heteroatoms. The van der Waals surface area contributed by atoms with Gasteiger partial charge in [-0.15, -0.1) is 0 Å². The predicted octanol–water partition coefficient (Wildman–Crippen LogP) is 2.44. The Hall–Kier alpha value is -2.19. The number of nitrogens with zero attached hydrogens (tertiary/aromatic N) is 1. The first-order valence-corrected chi connectivity index (χ1v) is 5.56. The summed E-state index contributed by atoms with van der Waals surface area (Å²) in [6, 6.07) is 4.86. The number of carbonyl (C=O) groups is 1. The molecule has 0 aliphatic heterocycles. The van der Waals surface area contributed by atoms with Crippen LogP contribution >= 0.6 is 11.6 Å². The average Bonchev–Trinajstić information content (AvgIpc) is 2.44. The van der Waals surface area contributed by atoms with Crippen molar-refractivity contribution in [3.8, 4) is 17.6 Å². The zero-order valence-corrected chi connectivity index (χ0v) is 11.4. The van der Waals surface area contributed by atoms with Crippen LogP contribution in [0.4, 0.5) is 0 Å². The lowest BCUT2D eigenvalue weighted by Gasteiger charge is -2.09. The molecule has 0 radical (unpaired) electrons. The molecule has 1 aromatic carbocycles. The van der Waals surface area contributed by atoms with Crippen LogP contribution in [0.1, 0.15) is 5.56 Å². The molecule has 0 unspecified atom stereocenters. The molecule has 0 atom stereocenters. The van der Waals surface area contributed by atoms with Crippen molar-refractivity contribution in [1.82, 2.24) is 0 Å². The second-order valence-corrected chi connectivity index (χ2v) is 3.80. The average molecular weight is 282 g/mol. The minimum absolute atomic E-state index is 0.156. The summed E-state index contributed by atoms with van der Waals surface area (Å²) in [5, 5.41) is 9.22. The van der Waals surface area contributed by atoms with E-state index in [0.717, 1.165) is 0 Å². The zero-order valence-electron chi connectivity index (χ0n) is 10.7. The molecule has 0 aliphatic rings. The van der Waals surface area contributed by atoms with Crippen LogP contribution in [-0.4, -0.2) is 27.3 Å². The molecule has 0 fully saturated rings. The first-order chi connectivity index (χ1) is 9.07. The number of rotatable bonds is 4. The fraction of sp³-hybridized carbons (Fsp3) is 0.231. The maximum Gasteiger partial charge on any atom is 0.348 e. The van der Waals surface area contributed by atoms with Crippen LogP contribution in [0, 0.1) is 11.3 Å². The van der Waals surface area contributed by atoms with Crippen molar-refractivity contribution in [2.75, 3.05) is 21.3 Å². The normalized spacial score (nSPS) is 10.6. The summed E-state index contributed by atoms with van der Waals surface area (Å²) in [5.74, 6) is 0.176. The Labute approximate surface area is 115 Å². The highest BCUT2D eigenvalue weighted by atomic mass is 35.5. The summed E-state index contributed by atoms with van der Waals surface area (Å²) in [7, 11) is 4.16. The van der Waals surface area contributed by atoms with Gasteiger partial charge in [-0.1, -0.05) is 11.6 Å². The van der Waals surface area contributed by atoms with Crippen LogP contribution in [0.25, 0.3) is 6.08 Å². The number of halogens is 1. The third-order valence-electron chi connectivity index (χ3n) is 2.33. The van der Waals surface area contributed by atoms with Crippen LogP contribution in [0.15, 0.2) is 17.7 Å². The molecule has 0 spiro atoms. The van der Waals surface area contributed by atoms with Crippen molar-refractivity contribution in [3.05, 3.63) is 28.3 Å². The van der Waals surface area contributed by atoms with Gasteiger partial charge >= 0.3 is 5.97 Å². The number of carbonyl (C=O) groups excluding carboxylic acids is 1. The van der Waals surface area contributed by atoms with E-state index in [1.54, 1.807) is 18.2 Å². The van der Waals surface area contributed by atoms with E-state index in [9.17, 15) is 4.79 Å². The number of esters is 1. The molecule has 0 aromatic heterocycles. The maximum atomic E-state index is 11.3. The molecule has 0 saturated heterocycles. The summed E-state index contributed by atoms with van der Waals surface area (Å²) in [6.07, 6.45) is 1.33. The Morgan fingerprint density at radius 2 is 1.84 bits per heavy atom. The van der Waals surface area contributed by atoms with Gasteiger partial charge < -0.3 is 14.2 Å². The van der Waals surface area contributed by atoms with Crippen molar-refractivity contribution in [3.63, 3.8) is 0 Å². The lowest BCUT2D eigenvalue weighted by molar-refractivity contribution is -0.135. The molecule has 19 heavy (non-hydrogen) atoms. The number of methoxy groups -OCH3 is 3. The Morgan fingerprint density at radius 3 is 2.32 bits per heavy atom. The third kappa shape index (κ3) is 3.39. The van der Waals surface area contributed by atoms with E-state index < -0.39 is 5.97 Å². The van der Waals surface area contributed by atoms with Crippen LogP contribution in [0.3, 0.4) is 0 Å². The van der Waals surface area contributed by atoms with Crippen molar-refractivity contribution in [1.29, 1.82) is 5.26 Å². The van der Waals surface area contributed by atoms with Gasteiger partial charge in [-0.2, -0.15) is 5.26 Å². The molecule has 5 nitrogen and oxygen atoms in total. The predicted molar refractivity (Wildman–Crippen MR) is 70.2 cm³/mol. The minimum Gasteiger partial charge on any atom is -0.493 e. The highest BCUT2D eigenvalue weighted by Crippen LogP contribution is 2.34. The van der Waals surface area contributed by atoms with Gasteiger partial charge in [0.15, 0.2) is 11.5 Å². The molecular weight excluding hydrogens is 270 g/mol. The standard InChI is InChI=1S/C13H12ClNO4/c1-17-11-5-8(10(14)6-12(11)18-2)4-9(7-15)13(16)19-3/h4-6H,1-3H3/b9-4+. The lowest BCUT2D eigenvalue weighted by Crippen LogP contribution is -2.02. The van der Waals surface area contributed by atoms with Crippen LogP contribution in [0.2, 0.25) is 5.02 Å². The molecule has 0 amide bonds. The highest BCUT2D eigenvalue weighted by Gasteiger charge is 2.13. The van der Waals surface area contributed by atoms with Crippen molar-refractivity contribution < 1.29 is 19.0 Å². The van der Waals surface area contributed by atoms with Gasteiger partial charge in [0, 0.05) is 6.07 Å². The van der Waals surface area contributed by atoms with E-state index in [-0.39, 0.29) is 5.57 Å². The van der Waals surface area contributed by atoms with Gasteiger partial charge in [0.25, 0.3) is 0 Å². The van der Waals surface area contributed by atoms with Gasteiger partial charge in [-0.3, -0.25) is 0 Å². The van der Waals surface area contributed by atoms with E-state index >= 15 is 0 Å². The molecule has 1 rings (SSSR count). The second kappa shape index (κ2) is 6.66. The number of nitriles is 1. The Morgan fingerprint density at radius 1 is 1.26 bits per heavy atom. The molecule has 100 valence electrons. The van der Waals surface area contributed by atoms with Gasteiger partial charge in [-0.05, 0) is 17.7 Å². The first-order valence-electron chi connectivity index (χ1n) is 5.19. The van der Waals surface area contributed by atoms with Crippen molar-refractivity contribution in [2.24, 2.45) is 0 Å². The van der Waals surface area contributed by atoms with E-state index in [2.05, 4.69) is 4.74 Å². The van der Waals surface area contributed by atoms with E-state index in [0.29, 0.717) is 22.1 Å². The fourth-order valence-electron chi connectivity index (χ4n) is 1.38.